The summed E-state index contributed by atoms with van der Waals surface area (Å²) in [4.78, 5) is 30.4. The summed E-state index contributed by atoms with van der Waals surface area (Å²) < 4.78 is 0. The van der Waals surface area contributed by atoms with Crippen LogP contribution in [-0.4, -0.2) is 11.8 Å². The van der Waals surface area contributed by atoms with Crippen molar-refractivity contribution < 1.29 is 9.59 Å². The lowest BCUT2D eigenvalue weighted by atomic mass is 10.1. The predicted molar refractivity (Wildman–Crippen MR) is 141 cm³/mol. The molecule has 2 amide bonds. The van der Waals surface area contributed by atoms with Crippen molar-refractivity contribution in [2.75, 3.05) is 4.90 Å². The summed E-state index contributed by atoms with van der Waals surface area (Å²) >= 11 is 7.98. The Kier molecular flexibility index (Phi) is 6.62. The van der Waals surface area contributed by atoms with E-state index in [4.69, 9.17) is 11.6 Å². The molecule has 0 aliphatic carbocycles. The molecule has 6 heteroatoms. The number of fused-ring (bicyclic) bond motifs is 2. The first-order valence-electron chi connectivity index (χ1n) is 11.3. The van der Waals surface area contributed by atoms with Crippen LogP contribution in [0.5, 0.6) is 0 Å². The minimum Gasteiger partial charge on any atom is -0.346 e. The van der Waals surface area contributed by atoms with Gasteiger partial charge in [-0.3, -0.25) is 9.59 Å². The average molecular weight is 499 g/mol. The third-order valence-electron chi connectivity index (χ3n) is 6.03. The van der Waals surface area contributed by atoms with Gasteiger partial charge < -0.3 is 10.2 Å². The molecule has 0 spiro atoms. The molecule has 1 N–H and O–H groups in total. The van der Waals surface area contributed by atoms with Gasteiger partial charge in [-0.05, 0) is 54.4 Å². The Morgan fingerprint density at radius 1 is 0.914 bits per heavy atom. The molecule has 0 saturated carbocycles. The predicted octanol–water partition coefficient (Wildman–Crippen LogP) is 7.14. The van der Waals surface area contributed by atoms with Crippen molar-refractivity contribution in [1.82, 2.24) is 5.32 Å². The second-order valence-electron chi connectivity index (χ2n) is 8.37. The van der Waals surface area contributed by atoms with E-state index in [0.29, 0.717) is 28.4 Å². The molecule has 1 heterocycles. The van der Waals surface area contributed by atoms with E-state index in [1.807, 2.05) is 97.9 Å². The summed E-state index contributed by atoms with van der Waals surface area (Å²) in [6.45, 7) is 2.25. The van der Waals surface area contributed by atoms with Gasteiger partial charge in [-0.15, -0.1) is 0 Å². The Morgan fingerprint density at radius 3 is 2.43 bits per heavy atom. The Morgan fingerprint density at radius 2 is 1.63 bits per heavy atom. The monoisotopic (exact) mass is 498 g/mol. The fourth-order valence-corrected chi connectivity index (χ4v) is 5.37. The molecule has 4 aromatic rings. The fraction of sp³-hybridized carbons (Fsp3) is 0.103. The first-order chi connectivity index (χ1) is 17.0. The van der Waals surface area contributed by atoms with Gasteiger partial charge >= 0.3 is 0 Å². The Bertz CT molecular complexity index is 1410. The van der Waals surface area contributed by atoms with Crippen molar-refractivity contribution in [1.29, 1.82) is 0 Å². The van der Waals surface area contributed by atoms with Crippen LogP contribution in [-0.2, 0) is 6.54 Å². The zero-order valence-corrected chi connectivity index (χ0v) is 20.6. The Balaban J connectivity index is 1.53. The maximum atomic E-state index is 13.7. The number of hydrogen-bond donors (Lipinski definition) is 1. The fourth-order valence-electron chi connectivity index (χ4n) is 4.12. The van der Waals surface area contributed by atoms with Crippen molar-refractivity contribution in [3.8, 4) is 0 Å². The number of anilines is 1. The zero-order chi connectivity index (χ0) is 24.4. The average Bonchev–Trinajstić information content (AvgIpc) is 3.00. The molecule has 0 radical (unpaired) electrons. The van der Waals surface area contributed by atoms with Crippen LogP contribution in [0.2, 0.25) is 5.02 Å². The largest absolute Gasteiger partial charge is 0.346 e. The quantitative estimate of drug-likeness (QED) is 0.318. The Labute approximate surface area is 213 Å². The molecule has 1 aliphatic rings. The highest BCUT2D eigenvalue weighted by molar-refractivity contribution is 7.99. The Hall–Kier alpha value is -3.54. The van der Waals surface area contributed by atoms with Gasteiger partial charge in [0.15, 0.2) is 0 Å². The lowest BCUT2D eigenvalue weighted by Crippen LogP contribution is -2.31. The minimum absolute atomic E-state index is 0.123. The smallest absolute Gasteiger partial charge is 0.259 e. The van der Waals surface area contributed by atoms with Crippen LogP contribution in [0, 0.1) is 0 Å². The van der Waals surface area contributed by atoms with Crippen LogP contribution in [0.3, 0.4) is 0 Å². The summed E-state index contributed by atoms with van der Waals surface area (Å²) in [7, 11) is 0. The van der Waals surface area contributed by atoms with Gasteiger partial charge in [0.05, 0.1) is 23.8 Å². The number of carbonyl (C=O) groups is 2. The molecule has 4 nitrogen and oxygen atoms in total. The van der Waals surface area contributed by atoms with Crippen LogP contribution in [0.4, 0.5) is 5.69 Å². The van der Waals surface area contributed by atoms with E-state index in [9.17, 15) is 9.59 Å². The van der Waals surface area contributed by atoms with Gasteiger partial charge in [-0.25, -0.2) is 0 Å². The van der Waals surface area contributed by atoms with Gasteiger partial charge in [-0.1, -0.05) is 84.0 Å². The van der Waals surface area contributed by atoms with E-state index in [1.165, 1.54) is 11.8 Å². The summed E-state index contributed by atoms with van der Waals surface area (Å²) in [5.74, 6) is -0.317. The first kappa shape index (κ1) is 23.2. The molecule has 1 aliphatic heterocycles. The number of halogens is 1. The molecule has 1 atom stereocenters. The van der Waals surface area contributed by atoms with Gasteiger partial charge in [0.1, 0.15) is 0 Å². The molecule has 0 fully saturated rings. The van der Waals surface area contributed by atoms with Crippen LogP contribution in [0.1, 0.15) is 44.8 Å². The van der Waals surface area contributed by atoms with Crippen LogP contribution in [0.25, 0.3) is 0 Å². The third-order valence-corrected chi connectivity index (χ3v) is 7.54. The highest BCUT2D eigenvalue weighted by atomic mass is 35.5. The maximum Gasteiger partial charge on any atom is 0.259 e. The number of hydrogen-bond acceptors (Lipinski definition) is 3. The molecular formula is C29H23ClN2O2S. The molecule has 35 heavy (non-hydrogen) atoms. The lowest BCUT2D eigenvalue weighted by Gasteiger charge is -2.24. The molecule has 5 rings (SSSR count). The van der Waals surface area contributed by atoms with Crippen LogP contribution in [0.15, 0.2) is 107 Å². The standard InChI is InChI=1S/C29H23ClN2O2S/c1-19(20-9-3-2-4-10-20)31-28(33)21-15-16-27-25(17-21)32(18-22-11-5-7-13-24(22)30)29(34)23-12-6-8-14-26(23)35-27/h2-17,19H,18H2,1H3,(H,31,33). The molecule has 0 bridgehead atoms. The van der Waals surface area contributed by atoms with Gasteiger partial charge in [0.2, 0.25) is 0 Å². The second-order valence-corrected chi connectivity index (χ2v) is 9.86. The van der Waals surface area contributed by atoms with Gasteiger partial charge in [0, 0.05) is 20.4 Å². The highest BCUT2D eigenvalue weighted by Gasteiger charge is 2.28. The number of nitrogens with one attached hydrogen (secondary N) is 1. The minimum atomic E-state index is -0.193. The molecule has 4 aromatic carbocycles. The molecular weight excluding hydrogens is 476 g/mol. The van der Waals surface area contributed by atoms with Crippen molar-refractivity contribution in [2.45, 2.75) is 29.3 Å². The van der Waals surface area contributed by atoms with Crippen molar-refractivity contribution in [3.63, 3.8) is 0 Å². The number of nitrogens with zero attached hydrogens (tertiary/aromatic N) is 1. The van der Waals surface area contributed by atoms with E-state index in [-0.39, 0.29) is 17.9 Å². The topological polar surface area (TPSA) is 49.4 Å². The number of rotatable bonds is 5. The van der Waals surface area contributed by atoms with E-state index < -0.39 is 0 Å². The van der Waals surface area contributed by atoms with Crippen molar-refractivity contribution in [3.05, 3.63) is 124 Å². The number of amides is 2. The molecule has 1 unspecified atom stereocenters. The van der Waals surface area contributed by atoms with E-state index >= 15 is 0 Å². The summed E-state index contributed by atoms with van der Waals surface area (Å²) in [6.07, 6.45) is 0. The SMILES string of the molecule is CC(NC(=O)c1ccc2c(c1)N(Cc1ccccc1Cl)C(=O)c1ccccc1S2)c1ccccc1. The van der Waals surface area contributed by atoms with Crippen LogP contribution < -0.4 is 10.2 Å². The molecule has 0 aromatic heterocycles. The van der Waals surface area contributed by atoms with Crippen LogP contribution >= 0.6 is 23.4 Å². The van der Waals surface area contributed by atoms with E-state index in [2.05, 4.69) is 5.32 Å². The summed E-state index contributed by atoms with van der Waals surface area (Å²) in [6, 6.07) is 30.3. The van der Waals surface area contributed by atoms with E-state index in [1.54, 1.807) is 11.0 Å². The summed E-state index contributed by atoms with van der Waals surface area (Å²) in [5, 5.41) is 3.66. The third kappa shape index (κ3) is 4.83. The lowest BCUT2D eigenvalue weighted by molar-refractivity contribution is 0.0937. The molecule has 174 valence electrons. The van der Waals surface area contributed by atoms with Gasteiger partial charge in [0.25, 0.3) is 11.8 Å². The van der Waals surface area contributed by atoms with Crippen molar-refractivity contribution >= 4 is 40.9 Å². The number of benzene rings is 4. The zero-order valence-electron chi connectivity index (χ0n) is 19.1. The highest BCUT2D eigenvalue weighted by Crippen LogP contribution is 2.42. The van der Waals surface area contributed by atoms with Crippen molar-refractivity contribution in [2.24, 2.45) is 0 Å². The van der Waals surface area contributed by atoms with Gasteiger partial charge in [-0.2, -0.15) is 0 Å². The van der Waals surface area contributed by atoms with E-state index in [0.717, 1.165) is 20.9 Å². The number of carbonyl (C=O) groups excluding carboxylic acids is 2. The summed E-state index contributed by atoms with van der Waals surface area (Å²) in [5.41, 5.74) is 3.68. The first-order valence-corrected chi connectivity index (χ1v) is 12.5. The second kappa shape index (κ2) is 9.98. The normalized spacial score (nSPS) is 13.4. The molecule has 0 saturated heterocycles. The maximum absolute atomic E-state index is 13.7.